The molecule has 0 radical (unpaired) electrons. The van der Waals surface area contributed by atoms with Crippen molar-refractivity contribution in [3.05, 3.63) is 30.6 Å². The number of hydrogen-bond donors (Lipinski definition) is 2. The van der Waals surface area contributed by atoms with Crippen LogP contribution in [0.3, 0.4) is 0 Å². The standard InChI is InChI=1S/C11H9F3N4O2S/c12-11(13,14)20-8-3-1-7(2-4-8)17-9(19)5-21-10-15-6-16-18-10/h1-4,6H,5H2,(H,17,19)(H,15,16,18). The van der Waals surface area contributed by atoms with Crippen molar-refractivity contribution in [2.75, 3.05) is 11.1 Å². The number of ether oxygens (including phenoxy) is 1. The molecule has 21 heavy (non-hydrogen) atoms. The molecule has 0 saturated carbocycles. The van der Waals surface area contributed by atoms with Crippen LogP contribution >= 0.6 is 11.8 Å². The number of carbonyl (C=O) groups excluding carboxylic acids is 1. The second-order valence-corrected chi connectivity index (χ2v) is 4.66. The lowest BCUT2D eigenvalue weighted by molar-refractivity contribution is -0.274. The Bertz CT molecular complexity index is 587. The Kier molecular flexibility index (Phi) is 4.68. The number of nitrogens with zero attached hydrogens (tertiary/aromatic N) is 2. The summed E-state index contributed by atoms with van der Waals surface area (Å²) in [5.41, 5.74) is 0.368. The van der Waals surface area contributed by atoms with Crippen molar-refractivity contribution in [2.24, 2.45) is 0 Å². The van der Waals surface area contributed by atoms with Gasteiger partial charge in [0.15, 0.2) is 5.16 Å². The van der Waals surface area contributed by atoms with Crippen LogP contribution in [0.25, 0.3) is 0 Å². The van der Waals surface area contributed by atoms with Crippen LogP contribution in [0.4, 0.5) is 18.9 Å². The molecule has 0 atom stereocenters. The predicted molar refractivity (Wildman–Crippen MR) is 68.9 cm³/mol. The fraction of sp³-hybridized carbons (Fsp3) is 0.182. The summed E-state index contributed by atoms with van der Waals surface area (Å²) >= 11 is 1.15. The lowest BCUT2D eigenvalue weighted by Gasteiger charge is -2.09. The number of rotatable bonds is 5. The summed E-state index contributed by atoms with van der Waals surface area (Å²) in [6, 6.07) is 4.87. The minimum absolute atomic E-state index is 0.0932. The maximum atomic E-state index is 12.0. The fourth-order valence-electron chi connectivity index (χ4n) is 1.33. The molecule has 0 aliphatic rings. The molecule has 0 bridgehead atoms. The first-order chi connectivity index (χ1) is 9.92. The molecule has 0 aliphatic heterocycles. The zero-order chi connectivity index (χ0) is 15.3. The van der Waals surface area contributed by atoms with Gasteiger partial charge in [-0.05, 0) is 24.3 Å². The number of thioether (sulfide) groups is 1. The summed E-state index contributed by atoms with van der Waals surface area (Å²) in [6.45, 7) is 0. The summed E-state index contributed by atoms with van der Waals surface area (Å²) in [7, 11) is 0. The van der Waals surface area contributed by atoms with E-state index < -0.39 is 6.36 Å². The van der Waals surface area contributed by atoms with Crippen molar-refractivity contribution in [2.45, 2.75) is 11.5 Å². The molecule has 2 rings (SSSR count). The van der Waals surface area contributed by atoms with Crippen LogP contribution in [0.1, 0.15) is 0 Å². The Balaban J connectivity index is 1.83. The third-order valence-electron chi connectivity index (χ3n) is 2.10. The second kappa shape index (κ2) is 6.48. The molecule has 1 aromatic carbocycles. The number of carbonyl (C=O) groups is 1. The van der Waals surface area contributed by atoms with Gasteiger partial charge < -0.3 is 10.1 Å². The first kappa shape index (κ1) is 15.2. The van der Waals surface area contributed by atoms with Gasteiger partial charge in [-0.25, -0.2) is 4.98 Å². The van der Waals surface area contributed by atoms with Gasteiger partial charge in [-0.3, -0.25) is 9.89 Å². The van der Waals surface area contributed by atoms with E-state index in [4.69, 9.17) is 0 Å². The fourth-order valence-corrected chi connectivity index (χ4v) is 1.91. The van der Waals surface area contributed by atoms with E-state index in [1.54, 1.807) is 0 Å². The third-order valence-corrected chi connectivity index (χ3v) is 2.98. The van der Waals surface area contributed by atoms with Crippen LogP contribution in [0.2, 0.25) is 0 Å². The van der Waals surface area contributed by atoms with Gasteiger partial charge in [0.25, 0.3) is 0 Å². The summed E-state index contributed by atoms with van der Waals surface area (Å²) < 4.78 is 39.7. The van der Waals surface area contributed by atoms with Crippen molar-refractivity contribution >= 4 is 23.4 Å². The summed E-state index contributed by atoms with van der Waals surface area (Å²) in [6.07, 6.45) is -3.42. The number of aromatic nitrogens is 3. The van der Waals surface area contributed by atoms with Crippen molar-refractivity contribution in [3.8, 4) is 5.75 Å². The smallest absolute Gasteiger partial charge is 0.406 e. The first-order valence-corrected chi connectivity index (χ1v) is 6.55. The van der Waals surface area contributed by atoms with E-state index in [1.165, 1.54) is 18.5 Å². The topological polar surface area (TPSA) is 79.9 Å². The Morgan fingerprint density at radius 3 is 2.62 bits per heavy atom. The zero-order valence-electron chi connectivity index (χ0n) is 10.3. The second-order valence-electron chi connectivity index (χ2n) is 3.70. The number of aromatic amines is 1. The molecule has 2 N–H and O–H groups in total. The van der Waals surface area contributed by atoms with Crippen molar-refractivity contribution < 1.29 is 22.7 Å². The van der Waals surface area contributed by atoms with Crippen LogP contribution in [0.15, 0.2) is 35.7 Å². The molecule has 0 fully saturated rings. The van der Waals surface area contributed by atoms with E-state index in [-0.39, 0.29) is 17.4 Å². The molecule has 10 heteroatoms. The number of halogens is 3. The number of benzene rings is 1. The number of nitrogens with one attached hydrogen (secondary N) is 2. The summed E-state index contributed by atoms with van der Waals surface area (Å²) in [4.78, 5) is 15.5. The highest BCUT2D eigenvalue weighted by atomic mass is 32.2. The SMILES string of the molecule is O=C(CSc1ncn[nH]1)Nc1ccc(OC(F)(F)F)cc1. The number of anilines is 1. The van der Waals surface area contributed by atoms with E-state index in [0.29, 0.717) is 10.8 Å². The number of hydrogen-bond acceptors (Lipinski definition) is 5. The Morgan fingerprint density at radius 2 is 2.05 bits per heavy atom. The highest BCUT2D eigenvalue weighted by Crippen LogP contribution is 2.24. The number of H-pyrrole nitrogens is 1. The highest BCUT2D eigenvalue weighted by Gasteiger charge is 2.30. The van der Waals surface area contributed by atoms with E-state index in [1.807, 2.05) is 0 Å². The van der Waals surface area contributed by atoms with Crippen molar-refractivity contribution in [1.82, 2.24) is 15.2 Å². The lowest BCUT2D eigenvalue weighted by Crippen LogP contribution is -2.17. The van der Waals surface area contributed by atoms with Crippen molar-refractivity contribution in [3.63, 3.8) is 0 Å². The van der Waals surface area contributed by atoms with Gasteiger partial charge >= 0.3 is 6.36 Å². The van der Waals surface area contributed by atoms with Gasteiger partial charge in [0.05, 0.1) is 5.75 Å². The minimum atomic E-state index is -4.74. The van der Waals surface area contributed by atoms with Crippen LogP contribution in [-0.2, 0) is 4.79 Å². The molecular weight excluding hydrogens is 309 g/mol. The molecule has 1 heterocycles. The van der Waals surface area contributed by atoms with Gasteiger partial charge in [-0.2, -0.15) is 5.10 Å². The first-order valence-electron chi connectivity index (χ1n) is 5.56. The van der Waals surface area contributed by atoms with Crippen molar-refractivity contribution in [1.29, 1.82) is 0 Å². The maximum Gasteiger partial charge on any atom is 0.573 e. The van der Waals surface area contributed by atoms with Gasteiger partial charge in [-0.1, -0.05) is 11.8 Å². The van der Waals surface area contributed by atoms with Crippen LogP contribution in [0.5, 0.6) is 5.75 Å². The predicted octanol–water partition coefficient (Wildman–Crippen LogP) is 2.43. The average molecular weight is 318 g/mol. The number of amides is 1. The minimum Gasteiger partial charge on any atom is -0.406 e. The van der Waals surface area contributed by atoms with Gasteiger partial charge in [0, 0.05) is 5.69 Å². The molecule has 0 unspecified atom stereocenters. The van der Waals surface area contributed by atoms with Gasteiger partial charge in [-0.15, -0.1) is 13.2 Å². The van der Waals surface area contributed by atoms with Crippen LogP contribution in [0, 0.1) is 0 Å². The third kappa shape index (κ3) is 5.34. The molecular formula is C11H9F3N4O2S. The van der Waals surface area contributed by atoms with E-state index in [9.17, 15) is 18.0 Å². The molecule has 0 aliphatic carbocycles. The van der Waals surface area contributed by atoms with E-state index >= 15 is 0 Å². The molecule has 0 spiro atoms. The Labute approximate surface area is 121 Å². The van der Waals surface area contributed by atoms with E-state index in [2.05, 4.69) is 25.2 Å². The molecule has 1 aromatic heterocycles. The molecule has 1 amide bonds. The van der Waals surface area contributed by atoms with Crippen LogP contribution in [-0.4, -0.2) is 33.2 Å². The molecule has 0 saturated heterocycles. The number of alkyl halides is 3. The lowest BCUT2D eigenvalue weighted by atomic mass is 10.3. The molecule has 6 nitrogen and oxygen atoms in total. The van der Waals surface area contributed by atoms with Gasteiger partial charge in [0.1, 0.15) is 12.1 Å². The molecule has 112 valence electrons. The van der Waals surface area contributed by atoms with Crippen LogP contribution < -0.4 is 10.1 Å². The molecule has 2 aromatic rings. The van der Waals surface area contributed by atoms with Gasteiger partial charge in [0.2, 0.25) is 5.91 Å². The zero-order valence-corrected chi connectivity index (χ0v) is 11.2. The largest absolute Gasteiger partial charge is 0.573 e. The highest BCUT2D eigenvalue weighted by molar-refractivity contribution is 7.99. The monoisotopic (exact) mass is 318 g/mol. The Morgan fingerprint density at radius 1 is 1.33 bits per heavy atom. The quantitative estimate of drug-likeness (QED) is 0.828. The Hall–Kier alpha value is -2.23. The average Bonchev–Trinajstić information content (AvgIpc) is 2.90. The van der Waals surface area contributed by atoms with E-state index in [0.717, 1.165) is 23.9 Å². The summed E-state index contributed by atoms with van der Waals surface area (Å²) in [5.74, 6) is -0.576. The normalized spacial score (nSPS) is 11.2. The maximum absolute atomic E-state index is 12.0. The summed E-state index contributed by atoms with van der Waals surface area (Å²) in [5, 5.41) is 9.25.